The zero-order chi connectivity index (χ0) is 16.3. The van der Waals surface area contributed by atoms with Gasteiger partial charge in [0.25, 0.3) is 0 Å². The molecule has 0 amide bonds. The summed E-state index contributed by atoms with van der Waals surface area (Å²) in [5, 5.41) is 8.45. The molecule has 0 aliphatic carbocycles. The first-order valence-corrected chi connectivity index (χ1v) is 9.67. The van der Waals surface area contributed by atoms with E-state index in [4.69, 9.17) is 5.11 Å². The van der Waals surface area contributed by atoms with Gasteiger partial charge in [0, 0.05) is 6.08 Å². The van der Waals surface area contributed by atoms with Crippen molar-refractivity contribution in [3.8, 4) is 0 Å². The van der Waals surface area contributed by atoms with Crippen molar-refractivity contribution in [1.29, 1.82) is 0 Å². The molecule has 23 heavy (non-hydrogen) atoms. The first-order chi connectivity index (χ1) is 10.8. The number of hydrogen-bond acceptors (Lipinski definition) is 1. The number of hydrogen-bond donors (Lipinski definition) is 1. The Morgan fingerprint density at radius 2 is 1.04 bits per heavy atom. The van der Waals surface area contributed by atoms with E-state index in [9.17, 15) is 4.79 Å². The van der Waals surface area contributed by atoms with Crippen LogP contribution in [0.5, 0.6) is 0 Å². The van der Waals surface area contributed by atoms with Crippen molar-refractivity contribution in [2.24, 2.45) is 0 Å². The third-order valence-electron chi connectivity index (χ3n) is 4.23. The second kappa shape index (κ2) is 21.8. The number of carboxylic acid groups (broad SMARTS) is 1. The van der Waals surface area contributed by atoms with Crippen molar-refractivity contribution >= 4 is 25.8 Å². The summed E-state index contributed by atoms with van der Waals surface area (Å²) < 4.78 is 0. The fourth-order valence-corrected chi connectivity index (χ4v) is 2.82. The normalized spacial score (nSPS) is 10.8. The Labute approximate surface area is 157 Å². The minimum atomic E-state index is -0.832. The zero-order valence-corrected chi connectivity index (χ0v) is 14.8. The summed E-state index contributed by atoms with van der Waals surface area (Å²) in [5.74, 6) is -0.832. The molecule has 0 atom stereocenters. The Balaban J connectivity index is 0. The maximum atomic E-state index is 10.3. The van der Waals surface area contributed by atoms with Gasteiger partial charge in [-0.25, -0.2) is 4.79 Å². The second-order valence-corrected chi connectivity index (χ2v) is 6.48. The van der Waals surface area contributed by atoms with Crippen LogP contribution in [0.3, 0.4) is 0 Å². The van der Waals surface area contributed by atoms with Crippen LogP contribution in [0, 0.1) is 0 Å². The molecule has 0 saturated carbocycles. The van der Waals surface area contributed by atoms with Crippen molar-refractivity contribution in [3.63, 3.8) is 0 Å². The van der Waals surface area contributed by atoms with Crippen molar-refractivity contribution in [3.05, 3.63) is 12.2 Å². The Kier molecular flexibility index (Phi) is 23.8. The van der Waals surface area contributed by atoms with Gasteiger partial charge in [-0.1, -0.05) is 103 Å². The minimum absolute atomic E-state index is 0. The standard InChI is InChI=1S/C20H38O2.Ga.3H/c1-2-3-4-5-6-7-8-9-10-11-12-13-14-15-16-17-18-19-20(21)22;;;;/h18-19H,2-17H2,1H3,(H,21,22);;;;. The number of carboxylic acids is 1. The van der Waals surface area contributed by atoms with Gasteiger partial charge in [0.1, 0.15) is 0 Å². The molecule has 0 spiro atoms. The summed E-state index contributed by atoms with van der Waals surface area (Å²) in [4.78, 5) is 10.3. The van der Waals surface area contributed by atoms with Gasteiger partial charge in [-0.05, 0) is 12.8 Å². The molecule has 0 aromatic heterocycles. The van der Waals surface area contributed by atoms with E-state index in [2.05, 4.69) is 6.92 Å². The molecule has 1 N–H and O–H groups in total. The average Bonchev–Trinajstić information content (AvgIpc) is 2.50. The summed E-state index contributed by atoms with van der Waals surface area (Å²) in [6.07, 6.45) is 24.5. The zero-order valence-electron chi connectivity index (χ0n) is 14.8. The molecule has 0 aromatic rings. The molecule has 0 radical (unpaired) electrons. The molecular formula is C20H41GaO2. The van der Waals surface area contributed by atoms with E-state index in [1.807, 2.05) is 0 Å². The molecule has 0 aromatic carbocycles. The van der Waals surface area contributed by atoms with Gasteiger partial charge in [-0.3, -0.25) is 0 Å². The Morgan fingerprint density at radius 3 is 1.39 bits per heavy atom. The van der Waals surface area contributed by atoms with Crippen molar-refractivity contribution in [1.82, 2.24) is 0 Å². The van der Waals surface area contributed by atoms with Gasteiger partial charge in [0.05, 0.1) is 0 Å². The van der Waals surface area contributed by atoms with Crippen LogP contribution in [0.4, 0.5) is 0 Å². The molecule has 2 nitrogen and oxygen atoms in total. The molecule has 0 fully saturated rings. The molecule has 0 aliphatic heterocycles. The Morgan fingerprint density at radius 1 is 0.696 bits per heavy atom. The summed E-state index contributed by atoms with van der Waals surface area (Å²) in [7, 11) is 0. The number of aliphatic carboxylic acids is 1. The molecular weight excluding hydrogens is 342 g/mol. The maximum absolute atomic E-state index is 10.3. The van der Waals surface area contributed by atoms with E-state index in [1.54, 1.807) is 6.08 Å². The van der Waals surface area contributed by atoms with Gasteiger partial charge in [0.15, 0.2) is 0 Å². The van der Waals surface area contributed by atoms with Crippen LogP contribution in [-0.4, -0.2) is 30.9 Å². The Hall–Kier alpha value is -0.154. The van der Waals surface area contributed by atoms with Gasteiger partial charge in [-0.2, -0.15) is 0 Å². The fourth-order valence-electron chi connectivity index (χ4n) is 2.82. The summed E-state index contributed by atoms with van der Waals surface area (Å²) >= 11 is 0. The van der Waals surface area contributed by atoms with E-state index >= 15 is 0 Å². The van der Waals surface area contributed by atoms with Crippen LogP contribution in [0.25, 0.3) is 0 Å². The van der Waals surface area contributed by atoms with Crippen LogP contribution in [0.2, 0.25) is 0 Å². The molecule has 0 unspecified atom stereocenters. The summed E-state index contributed by atoms with van der Waals surface area (Å²) in [5.41, 5.74) is 0. The molecule has 0 rings (SSSR count). The van der Waals surface area contributed by atoms with Gasteiger partial charge < -0.3 is 5.11 Å². The number of unbranched alkanes of at least 4 members (excludes halogenated alkanes) is 15. The molecule has 0 saturated heterocycles. The Bertz CT molecular complexity index is 264. The molecule has 136 valence electrons. The number of carbonyl (C=O) groups is 1. The molecule has 0 heterocycles. The second-order valence-electron chi connectivity index (χ2n) is 6.48. The molecule has 3 heteroatoms. The quantitative estimate of drug-likeness (QED) is 0.199. The summed E-state index contributed by atoms with van der Waals surface area (Å²) in [6.45, 7) is 2.27. The van der Waals surface area contributed by atoms with Gasteiger partial charge in [0.2, 0.25) is 0 Å². The van der Waals surface area contributed by atoms with E-state index in [-0.39, 0.29) is 19.8 Å². The topological polar surface area (TPSA) is 37.3 Å². The van der Waals surface area contributed by atoms with E-state index < -0.39 is 5.97 Å². The van der Waals surface area contributed by atoms with Gasteiger partial charge in [-0.15, -0.1) is 0 Å². The average molecular weight is 383 g/mol. The van der Waals surface area contributed by atoms with Crippen LogP contribution < -0.4 is 0 Å². The van der Waals surface area contributed by atoms with Crippen molar-refractivity contribution in [2.45, 2.75) is 110 Å². The molecule has 0 bridgehead atoms. The van der Waals surface area contributed by atoms with Gasteiger partial charge >= 0.3 is 25.8 Å². The first kappa shape index (κ1) is 25.1. The molecule has 0 aliphatic rings. The fraction of sp³-hybridized carbons (Fsp3) is 0.850. The monoisotopic (exact) mass is 382 g/mol. The van der Waals surface area contributed by atoms with E-state index in [1.165, 1.54) is 96.0 Å². The van der Waals surface area contributed by atoms with E-state index in [0.29, 0.717) is 0 Å². The summed E-state index contributed by atoms with van der Waals surface area (Å²) in [6, 6.07) is 0. The predicted octanol–water partition coefficient (Wildman–Crippen LogP) is 5.70. The number of rotatable bonds is 17. The predicted molar refractivity (Wildman–Crippen MR) is 106 cm³/mol. The number of allylic oxidation sites excluding steroid dienone is 1. The van der Waals surface area contributed by atoms with Crippen LogP contribution >= 0.6 is 0 Å². The van der Waals surface area contributed by atoms with E-state index in [0.717, 1.165) is 12.8 Å². The third kappa shape index (κ3) is 24.2. The first-order valence-electron chi connectivity index (χ1n) is 9.67. The third-order valence-corrected chi connectivity index (χ3v) is 4.23. The van der Waals surface area contributed by atoms with Crippen molar-refractivity contribution in [2.75, 3.05) is 0 Å². The van der Waals surface area contributed by atoms with Crippen LogP contribution in [0.15, 0.2) is 12.2 Å². The van der Waals surface area contributed by atoms with Crippen LogP contribution in [0.1, 0.15) is 110 Å². The van der Waals surface area contributed by atoms with Crippen molar-refractivity contribution < 1.29 is 9.90 Å². The SMILES string of the molecule is CCCCCCCCCCCCCCCCCC=CC(=O)O.[GaH3]. The van der Waals surface area contributed by atoms with Crippen LogP contribution in [-0.2, 0) is 4.79 Å².